The molecule has 2 amide bonds. The average molecular weight is 637 g/mol. The highest BCUT2D eigenvalue weighted by molar-refractivity contribution is 7.89. The van der Waals surface area contributed by atoms with Gasteiger partial charge in [0.1, 0.15) is 0 Å². The molecule has 1 fully saturated rings. The fourth-order valence-electron chi connectivity index (χ4n) is 5.32. The summed E-state index contributed by atoms with van der Waals surface area (Å²) in [5.74, 6) is 0. The van der Waals surface area contributed by atoms with Crippen LogP contribution in [0.15, 0.2) is 59.5 Å². The summed E-state index contributed by atoms with van der Waals surface area (Å²) >= 11 is 19.7. The fourth-order valence-corrected chi connectivity index (χ4v) is 7.59. The van der Waals surface area contributed by atoms with E-state index < -0.39 is 16.1 Å². The Morgan fingerprint density at radius 1 is 0.878 bits per heavy atom. The van der Waals surface area contributed by atoms with Crippen molar-refractivity contribution in [3.8, 4) is 11.1 Å². The molecule has 1 saturated heterocycles. The molecule has 12 heteroatoms. The van der Waals surface area contributed by atoms with E-state index in [2.05, 4.69) is 15.1 Å². The Bertz CT molecular complexity index is 1540. The van der Waals surface area contributed by atoms with Gasteiger partial charge in [-0.3, -0.25) is 4.90 Å². The van der Waals surface area contributed by atoms with Crippen molar-refractivity contribution in [2.24, 2.45) is 0 Å². The standard InChI is InChI=1S/C29H32Cl3N5O3S/c1-34(2)11-6-12-35-13-15-36(16-14-35)41(39,40)20-17-22(21-7-3-4-8-24(21)30)23-19-33-29(38)37(27(23)18-20)28-25(31)9-5-10-26(28)32/h3-5,7-10,17-18H,6,11-16,19H2,1-2H3,(H,33,38). The van der Waals surface area contributed by atoms with E-state index in [-0.39, 0.29) is 27.2 Å². The second kappa shape index (κ2) is 12.5. The van der Waals surface area contributed by atoms with Crippen LogP contribution in [-0.2, 0) is 16.6 Å². The first-order chi connectivity index (χ1) is 19.6. The second-order valence-corrected chi connectivity index (χ2v) is 13.6. The number of hydrogen-bond acceptors (Lipinski definition) is 5. The van der Waals surface area contributed by atoms with Gasteiger partial charge in [0.2, 0.25) is 10.0 Å². The largest absolute Gasteiger partial charge is 0.333 e. The second-order valence-electron chi connectivity index (χ2n) is 10.4. The van der Waals surface area contributed by atoms with Gasteiger partial charge in [0.25, 0.3) is 0 Å². The number of anilines is 2. The Balaban J connectivity index is 1.58. The zero-order chi connectivity index (χ0) is 29.3. The van der Waals surface area contributed by atoms with Gasteiger partial charge >= 0.3 is 6.03 Å². The van der Waals surface area contributed by atoms with Gasteiger partial charge in [-0.1, -0.05) is 59.1 Å². The monoisotopic (exact) mass is 635 g/mol. The lowest BCUT2D eigenvalue weighted by Gasteiger charge is -2.35. The molecule has 0 unspecified atom stereocenters. The molecule has 8 nitrogen and oxygen atoms in total. The van der Waals surface area contributed by atoms with E-state index in [0.29, 0.717) is 53.6 Å². The quantitative estimate of drug-likeness (QED) is 0.332. The predicted molar refractivity (Wildman–Crippen MR) is 166 cm³/mol. The van der Waals surface area contributed by atoms with E-state index in [1.807, 2.05) is 32.3 Å². The topological polar surface area (TPSA) is 76.2 Å². The van der Waals surface area contributed by atoms with Crippen LogP contribution in [0.4, 0.5) is 16.2 Å². The molecule has 0 spiro atoms. The maximum atomic E-state index is 14.1. The number of rotatable bonds is 8. The third-order valence-corrected chi connectivity index (χ3v) is 10.3. The molecular formula is C29H32Cl3N5O3S. The summed E-state index contributed by atoms with van der Waals surface area (Å²) in [4.78, 5) is 19.2. The van der Waals surface area contributed by atoms with Gasteiger partial charge < -0.3 is 15.1 Å². The van der Waals surface area contributed by atoms with E-state index in [1.54, 1.807) is 36.4 Å². The van der Waals surface area contributed by atoms with Gasteiger partial charge in [0.05, 0.1) is 26.3 Å². The molecule has 0 aliphatic carbocycles. The smallest absolute Gasteiger partial charge is 0.326 e. The summed E-state index contributed by atoms with van der Waals surface area (Å²) < 4.78 is 29.7. The molecule has 5 rings (SSSR count). The highest BCUT2D eigenvalue weighted by Crippen LogP contribution is 2.45. The lowest BCUT2D eigenvalue weighted by molar-refractivity contribution is 0.181. The van der Waals surface area contributed by atoms with Crippen molar-refractivity contribution in [2.45, 2.75) is 17.9 Å². The van der Waals surface area contributed by atoms with Crippen LogP contribution in [0, 0.1) is 0 Å². The predicted octanol–water partition coefficient (Wildman–Crippen LogP) is 5.93. The Morgan fingerprint density at radius 3 is 2.20 bits per heavy atom. The van der Waals surface area contributed by atoms with E-state index >= 15 is 0 Å². The SMILES string of the molecule is CN(C)CCCN1CCN(S(=O)(=O)c2cc(-c3ccccc3Cl)c3c(c2)N(c2c(Cl)cccc2Cl)C(=O)NC3)CC1. The van der Waals surface area contributed by atoms with Crippen molar-refractivity contribution >= 4 is 62.2 Å². The third-order valence-electron chi connectivity index (χ3n) is 7.43. The third kappa shape index (κ3) is 6.22. The summed E-state index contributed by atoms with van der Waals surface area (Å²) in [6.07, 6.45) is 1.02. The zero-order valence-corrected chi connectivity index (χ0v) is 26.0. The number of nitrogens with zero attached hydrogens (tertiary/aromatic N) is 4. The normalized spacial score (nSPS) is 16.6. The Hall–Kier alpha value is -2.37. The van der Waals surface area contributed by atoms with Crippen molar-refractivity contribution in [1.29, 1.82) is 0 Å². The summed E-state index contributed by atoms with van der Waals surface area (Å²) in [5, 5.41) is 3.87. The molecule has 1 N–H and O–H groups in total. The number of para-hydroxylation sites is 1. The number of carbonyl (C=O) groups is 1. The van der Waals surface area contributed by atoms with Crippen molar-refractivity contribution in [3.63, 3.8) is 0 Å². The molecule has 2 aliphatic rings. The fraction of sp³-hybridized carbons (Fsp3) is 0.345. The summed E-state index contributed by atoms with van der Waals surface area (Å²) in [6.45, 7) is 4.14. The van der Waals surface area contributed by atoms with Crippen molar-refractivity contribution < 1.29 is 13.2 Å². The van der Waals surface area contributed by atoms with Gasteiger partial charge in [-0.15, -0.1) is 0 Å². The van der Waals surface area contributed by atoms with Crippen molar-refractivity contribution in [3.05, 3.63) is 75.2 Å². The van der Waals surface area contributed by atoms with Crippen molar-refractivity contribution in [2.75, 3.05) is 58.3 Å². The van der Waals surface area contributed by atoms with Crippen LogP contribution in [0.3, 0.4) is 0 Å². The number of benzene rings is 3. The number of halogens is 3. The van der Waals surface area contributed by atoms with Gasteiger partial charge in [0.15, 0.2) is 0 Å². The molecule has 2 heterocycles. The molecular weight excluding hydrogens is 605 g/mol. The average Bonchev–Trinajstić information content (AvgIpc) is 2.94. The first-order valence-electron chi connectivity index (χ1n) is 13.4. The van der Waals surface area contributed by atoms with Crippen molar-refractivity contribution in [1.82, 2.24) is 19.4 Å². The number of nitrogens with one attached hydrogen (secondary N) is 1. The summed E-state index contributed by atoms with van der Waals surface area (Å²) in [7, 11) is 0.184. The minimum absolute atomic E-state index is 0.0788. The minimum Gasteiger partial charge on any atom is -0.333 e. The molecule has 0 saturated carbocycles. The lowest BCUT2D eigenvalue weighted by atomic mass is 9.96. The molecule has 0 aromatic heterocycles. The Morgan fingerprint density at radius 2 is 1.54 bits per heavy atom. The summed E-state index contributed by atoms with van der Waals surface area (Å²) in [5.41, 5.74) is 2.65. The van der Waals surface area contributed by atoms with Crippen LogP contribution < -0.4 is 10.2 Å². The lowest BCUT2D eigenvalue weighted by Crippen LogP contribution is -2.49. The number of carbonyl (C=O) groups excluding carboxylic acids is 1. The first kappa shape index (κ1) is 30.1. The number of sulfonamides is 1. The first-order valence-corrected chi connectivity index (χ1v) is 16.0. The maximum Gasteiger partial charge on any atom is 0.326 e. The number of urea groups is 1. The van der Waals surface area contributed by atoms with Crippen LogP contribution in [0.5, 0.6) is 0 Å². The Kier molecular flexibility index (Phi) is 9.16. The van der Waals surface area contributed by atoms with Crippen LogP contribution >= 0.6 is 34.8 Å². The number of piperazine rings is 1. The van der Waals surface area contributed by atoms with E-state index in [9.17, 15) is 13.2 Å². The highest BCUT2D eigenvalue weighted by Gasteiger charge is 2.35. The van der Waals surface area contributed by atoms with E-state index in [1.165, 1.54) is 9.21 Å². The van der Waals surface area contributed by atoms with Gasteiger partial charge in [-0.2, -0.15) is 4.31 Å². The number of amides is 2. The van der Waals surface area contributed by atoms with E-state index in [4.69, 9.17) is 34.8 Å². The van der Waals surface area contributed by atoms with E-state index in [0.717, 1.165) is 19.5 Å². The van der Waals surface area contributed by atoms with Gasteiger partial charge in [-0.05, 0) is 69.5 Å². The van der Waals surface area contributed by atoms with Crippen LogP contribution in [0.2, 0.25) is 15.1 Å². The maximum absolute atomic E-state index is 14.1. The molecule has 0 atom stereocenters. The van der Waals surface area contributed by atoms with Crippen LogP contribution in [0.1, 0.15) is 12.0 Å². The molecule has 41 heavy (non-hydrogen) atoms. The molecule has 2 aliphatic heterocycles. The van der Waals surface area contributed by atoms with Gasteiger partial charge in [0, 0.05) is 48.9 Å². The molecule has 3 aromatic carbocycles. The zero-order valence-electron chi connectivity index (χ0n) is 22.9. The van der Waals surface area contributed by atoms with Crippen LogP contribution in [0.25, 0.3) is 11.1 Å². The number of fused-ring (bicyclic) bond motifs is 1. The van der Waals surface area contributed by atoms with Crippen LogP contribution in [-0.4, -0.2) is 81.9 Å². The molecule has 0 radical (unpaired) electrons. The Labute approximate surface area is 256 Å². The minimum atomic E-state index is -3.91. The highest BCUT2D eigenvalue weighted by atomic mass is 35.5. The molecule has 218 valence electrons. The summed E-state index contributed by atoms with van der Waals surface area (Å²) in [6, 6.07) is 15.0. The number of hydrogen-bond donors (Lipinski definition) is 1. The molecule has 0 bridgehead atoms. The van der Waals surface area contributed by atoms with Gasteiger partial charge in [-0.25, -0.2) is 13.2 Å². The molecule has 3 aromatic rings.